The lowest BCUT2D eigenvalue weighted by Gasteiger charge is -2.23. The summed E-state index contributed by atoms with van der Waals surface area (Å²) in [5.74, 6) is 0.481. The van der Waals surface area contributed by atoms with Gasteiger partial charge in [-0.15, -0.1) is 11.3 Å². The van der Waals surface area contributed by atoms with Crippen LogP contribution >= 0.6 is 11.3 Å². The third kappa shape index (κ3) is 2.94. The van der Waals surface area contributed by atoms with Crippen LogP contribution in [-0.2, 0) is 6.54 Å². The summed E-state index contributed by atoms with van der Waals surface area (Å²) in [6, 6.07) is 6.54. The summed E-state index contributed by atoms with van der Waals surface area (Å²) < 4.78 is 0. The number of nitriles is 1. The summed E-state index contributed by atoms with van der Waals surface area (Å²) in [5.41, 5.74) is 0. The first-order valence-corrected chi connectivity index (χ1v) is 6.58. The van der Waals surface area contributed by atoms with Crippen molar-refractivity contribution >= 4 is 11.3 Å². The summed E-state index contributed by atoms with van der Waals surface area (Å²) in [6.07, 6.45) is 7.70. The zero-order chi connectivity index (χ0) is 11.2. The van der Waals surface area contributed by atoms with Crippen molar-refractivity contribution in [3.8, 4) is 6.07 Å². The largest absolute Gasteiger partial charge is 0.297 e. The molecule has 3 heteroatoms. The lowest BCUT2D eigenvalue weighted by molar-refractivity contribution is 0.383. The van der Waals surface area contributed by atoms with Crippen molar-refractivity contribution < 1.29 is 0 Å². The normalized spacial score (nSPS) is 21.6. The predicted octanol–water partition coefficient (Wildman–Crippen LogP) is 3.09. The Labute approximate surface area is 101 Å². The van der Waals surface area contributed by atoms with Gasteiger partial charge < -0.3 is 0 Å². The Balaban J connectivity index is 1.86. The van der Waals surface area contributed by atoms with Crippen molar-refractivity contribution in [1.29, 1.82) is 5.26 Å². The number of rotatable bonds is 4. The van der Waals surface area contributed by atoms with E-state index in [-0.39, 0.29) is 6.04 Å². The van der Waals surface area contributed by atoms with Gasteiger partial charge in [-0.2, -0.15) is 5.26 Å². The second-order valence-electron chi connectivity index (χ2n) is 4.11. The van der Waals surface area contributed by atoms with Crippen molar-refractivity contribution in [2.45, 2.75) is 31.8 Å². The van der Waals surface area contributed by atoms with Gasteiger partial charge in [0.1, 0.15) is 0 Å². The third-order valence-electron chi connectivity index (χ3n) is 3.00. The number of hydrogen-bond donors (Lipinski definition) is 1. The molecule has 1 N–H and O–H groups in total. The highest BCUT2D eigenvalue weighted by Crippen LogP contribution is 2.22. The molecule has 16 heavy (non-hydrogen) atoms. The number of allylic oxidation sites excluding steroid dienone is 2. The molecule has 0 spiro atoms. The van der Waals surface area contributed by atoms with Crippen LogP contribution in [0.15, 0.2) is 29.7 Å². The number of nitrogens with one attached hydrogen (secondary N) is 1. The van der Waals surface area contributed by atoms with E-state index in [2.05, 4.69) is 35.0 Å². The van der Waals surface area contributed by atoms with Crippen LogP contribution in [0.25, 0.3) is 0 Å². The number of thiophene rings is 1. The Hall–Kier alpha value is -1.11. The van der Waals surface area contributed by atoms with E-state index in [0.29, 0.717) is 5.92 Å². The van der Waals surface area contributed by atoms with E-state index in [0.717, 1.165) is 25.8 Å². The lowest BCUT2D eigenvalue weighted by Crippen LogP contribution is -2.34. The minimum atomic E-state index is -0.00736. The van der Waals surface area contributed by atoms with Crippen molar-refractivity contribution in [1.82, 2.24) is 5.32 Å². The molecule has 0 aliphatic heterocycles. The second-order valence-corrected chi connectivity index (χ2v) is 5.14. The van der Waals surface area contributed by atoms with Crippen LogP contribution in [-0.4, -0.2) is 6.04 Å². The SMILES string of the molecule is N#CC(NCc1cccs1)C1CC=CCC1. The Morgan fingerprint density at radius 2 is 2.50 bits per heavy atom. The predicted molar refractivity (Wildman–Crippen MR) is 67.0 cm³/mol. The molecule has 0 bridgehead atoms. The van der Waals surface area contributed by atoms with Gasteiger partial charge in [-0.05, 0) is 36.6 Å². The van der Waals surface area contributed by atoms with Gasteiger partial charge in [0.25, 0.3) is 0 Å². The van der Waals surface area contributed by atoms with Gasteiger partial charge in [0.05, 0.1) is 12.1 Å². The molecule has 0 fully saturated rings. The van der Waals surface area contributed by atoms with Crippen molar-refractivity contribution in [3.05, 3.63) is 34.5 Å². The summed E-state index contributed by atoms with van der Waals surface area (Å²) >= 11 is 1.74. The van der Waals surface area contributed by atoms with E-state index in [9.17, 15) is 5.26 Å². The fourth-order valence-corrected chi connectivity index (χ4v) is 2.72. The average molecular weight is 232 g/mol. The molecule has 0 aromatic carbocycles. The maximum Gasteiger partial charge on any atom is 0.0987 e. The van der Waals surface area contributed by atoms with E-state index < -0.39 is 0 Å². The highest BCUT2D eigenvalue weighted by Gasteiger charge is 2.20. The van der Waals surface area contributed by atoms with Crippen LogP contribution in [0, 0.1) is 17.2 Å². The standard InChI is InChI=1S/C13H16N2S/c14-9-13(11-5-2-1-3-6-11)15-10-12-7-4-8-16-12/h1-2,4,7-8,11,13,15H,3,5-6,10H2. The molecule has 1 aromatic heterocycles. The first-order chi connectivity index (χ1) is 7.90. The van der Waals surface area contributed by atoms with Crippen LogP contribution in [0.5, 0.6) is 0 Å². The Kier molecular flexibility index (Phi) is 4.15. The molecule has 2 rings (SSSR count). The molecular formula is C13H16N2S. The molecule has 0 saturated heterocycles. The summed E-state index contributed by atoms with van der Waals surface area (Å²) in [6.45, 7) is 0.816. The maximum atomic E-state index is 9.17. The van der Waals surface area contributed by atoms with E-state index in [1.165, 1.54) is 4.88 Å². The summed E-state index contributed by atoms with van der Waals surface area (Å²) in [4.78, 5) is 1.30. The lowest BCUT2D eigenvalue weighted by atomic mass is 9.88. The van der Waals surface area contributed by atoms with Gasteiger partial charge in [-0.3, -0.25) is 5.32 Å². The van der Waals surface area contributed by atoms with E-state index >= 15 is 0 Å². The van der Waals surface area contributed by atoms with Gasteiger partial charge >= 0.3 is 0 Å². The fraction of sp³-hybridized carbons (Fsp3) is 0.462. The van der Waals surface area contributed by atoms with E-state index in [1.807, 2.05) is 6.07 Å². The smallest absolute Gasteiger partial charge is 0.0987 e. The molecular weight excluding hydrogens is 216 g/mol. The first-order valence-electron chi connectivity index (χ1n) is 5.70. The fourth-order valence-electron chi connectivity index (χ4n) is 2.06. The van der Waals surface area contributed by atoms with Gasteiger partial charge in [0.15, 0.2) is 0 Å². The minimum Gasteiger partial charge on any atom is -0.297 e. The highest BCUT2D eigenvalue weighted by molar-refractivity contribution is 7.09. The van der Waals surface area contributed by atoms with Crippen LogP contribution < -0.4 is 5.32 Å². The van der Waals surface area contributed by atoms with Crippen LogP contribution in [0.3, 0.4) is 0 Å². The minimum absolute atomic E-state index is 0.00736. The monoisotopic (exact) mass is 232 g/mol. The molecule has 1 aliphatic rings. The van der Waals surface area contributed by atoms with Crippen LogP contribution in [0.4, 0.5) is 0 Å². The Morgan fingerprint density at radius 3 is 3.12 bits per heavy atom. The van der Waals surface area contributed by atoms with Crippen LogP contribution in [0.1, 0.15) is 24.1 Å². The van der Waals surface area contributed by atoms with Gasteiger partial charge in [-0.25, -0.2) is 0 Å². The van der Waals surface area contributed by atoms with Gasteiger partial charge in [0.2, 0.25) is 0 Å². The molecule has 2 nitrogen and oxygen atoms in total. The molecule has 0 radical (unpaired) electrons. The Bertz CT molecular complexity index is 375. The van der Waals surface area contributed by atoms with Crippen molar-refractivity contribution in [3.63, 3.8) is 0 Å². The highest BCUT2D eigenvalue weighted by atomic mass is 32.1. The summed E-state index contributed by atoms with van der Waals surface area (Å²) in [5, 5.41) is 14.6. The van der Waals surface area contributed by atoms with Gasteiger partial charge in [0, 0.05) is 11.4 Å². The Morgan fingerprint density at radius 1 is 1.56 bits per heavy atom. The van der Waals surface area contributed by atoms with Crippen LogP contribution in [0.2, 0.25) is 0 Å². The molecule has 1 heterocycles. The molecule has 2 atom stereocenters. The topological polar surface area (TPSA) is 35.8 Å². The molecule has 1 aliphatic carbocycles. The average Bonchev–Trinajstić information content (AvgIpc) is 2.84. The molecule has 1 aromatic rings. The second kappa shape index (κ2) is 5.83. The van der Waals surface area contributed by atoms with E-state index in [1.54, 1.807) is 11.3 Å². The maximum absolute atomic E-state index is 9.17. The third-order valence-corrected chi connectivity index (χ3v) is 3.87. The van der Waals surface area contributed by atoms with E-state index in [4.69, 9.17) is 0 Å². The zero-order valence-electron chi connectivity index (χ0n) is 9.23. The first kappa shape index (κ1) is 11.4. The van der Waals surface area contributed by atoms with Crippen molar-refractivity contribution in [2.75, 3.05) is 0 Å². The quantitative estimate of drug-likeness (QED) is 0.810. The zero-order valence-corrected chi connectivity index (χ0v) is 10.0. The summed E-state index contributed by atoms with van der Waals surface area (Å²) in [7, 11) is 0. The van der Waals surface area contributed by atoms with Crippen molar-refractivity contribution in [2.24, 2.45) is 5.92 Å². The van der Waals surface area contributed by atoms with Gasteiger partial charge in [-0.1, -0.05) is 18.2 Å². The molecule has 2 unspecified atom stereocenters. The molecule has 84 valence electrons. The molecule has 0 amide bonds. The number of nitrogens with zero attached hydrogens (tertiary/aromatic N) is 1. The molecule has 0 saturated carbocycles. The number of hydrogen-bond acceptors (Lipinski definition) is 3.